The van der Waals surface area contributed by atoms with Crippen LogP contribution in [-0.4, -0.2) is 53.2 Å². The SMILES string of the molecule is O=C(NCCCC1CC1)c1ccc(N2CCCN(C(=O)c3ccccc3C(F)(F)F)C2)nn1. The summed E-state index contributed by atoms with van der Waals surface area (Å²) >= 11 is 0. The summed E-state index contributed by atoms with van der Waals surface area (Å²) in [7, 11) is 0. The highest BCUT2D eigenvalue weighted by Crippen LogP contribution is 2.33. The standard InChI is InChI=1S/C23H26F3N5O2/c24-23(25,26)18-7-2-1-6-17(18)22(33)31-14-4-13-30(15-31)20-11-10-19(28-29-20)21(32)27-12-3-5-16-8-9-16/h1-2,6-7,10-11,16H,3-5,8-9,12-15H2,(H,27,32). The lowest BCUT2D eigenvalue weighted by molar-refractivity contribution is -0.138. The van der Waals surface area contributed by atoms with Gasteiger partial charge in [-0.3, -0.25) is 9.59 Å². The number of nitrogens with one attached hydrogen (secondary N) is 1. The quantitative estimate of drug-likeness (QED) is 0.636. The molecule has 0 spiro atoms. The van der Waals surface area contributed by atoms with Crippen molar-refractivity contribution in [3.63, 3.8) is 0 Å². The van der Waals surface area contributed by atoms with Crippen LogP contribution in [0.4, 0.5) is 19.0 Å². The molecule has 1 aromatic carbocycles. The van der Waals surface area contributed by atoms with Crippen molar-refractivity contribution in [2.75, 3.05) is 31.2 Å². The van der Waals surface area contributed by atoms with Gasteiger partial charge in [0.05, 0.1) is 17.8 Å². The Balaban J connectivity index is 1.37. The summed E-state index contributed by atoms with van der Waals surface area (Å²) in [5.41, 5.74) is -1.11. The molecule has 1 saturated heterocycles. The maximum atomic E-state index is 13.3. The van der Waals surface area contributed by atoms with E-state index in [1.165, 1.54) is 35.9 Å². The molecule has 1 N–H and O–H groups in total. The normalized spacial score (nSPS) is 16.6. The Hall–Kier alpha value is -3.17. The molecule has 2 heterocycles. The Kier molecular flexibility index (Phi) is 6.80. The number of carbonyl (C=O) groups is 2. The van der Waals surface area contributed by atoms with Gasteiger partial charge in [-0.25, -0.2) is 0 Å². The summed E-state index contributed by atoms with van der Waals surface area (Å²) in [6.07, 6.45) is 0.608. The van der Waals surface area contributed by atoms with Crippen LogP contribution < -0.4 is 10.2 Å². The number of anilines is 1. The molecule has 1 aliphatic carbocycles. The third kappa shape index (κ3) is 5.80. The van der Waals surface area contributed by atoms with E-state index in [-0.39, 0.29) is 23.8 Å². The number of rotatable bonds is 7. The van der Waals surface area contributed by atoms with Gasteiger partial charge in [0.2, 0.25) is 0 Å². The predicted molar refractivity (Wildman–Crippen MR) is 116 cm³/mol. The van der Waals surface area contributed by atoms with Gasteiger partial charge in [0.1, 0.15) is 0 Å². The molecule has 2 fully saturated rings. The van der Waals surface area contributed by atoms with Crippen molar-refractivity contribution in [3.05, 3.63) is 53.2 Å². The fraction of sp³-hybridized carbons (Fsp3) is 0.478. The first-order chi connectivity index (χ1) is 15.8. The zero-order chi connectivity index (χ0) is 23.4. The molecule has 10 heteroatoms. The van der Waals surface area contributed by atoms with Crippen LogP contribution in [0.3, 0.4) is 0 Å². The molecule has 1 aliphatic heterocycles. The zero-order valence-electron chi connectivity index (χ0n) is 18.1. The summed E-state index contributed by atoms with van der Waals surface area (Å²) < 4.78 is 40.0. The molecule has 1 saturated carbocycles. The van der Waals surface area contributed by atoms with Crippen LogP contribution in [0.2, 0.25) is 0 Å². The lowest BCUT2D eigenvalue weighted by Crippen LogP contribution is -2.48. The van der Waals surface area contributed by atoms with E-state index in [4.69, 9.17) is 0 Å². The minimum absolute atomic E-state index is 0.0897. The largest absolute Gasteiger partial charge is 0.417 e. The van der Waals surface area contributed by atoms with Gasteiger partial charge in [-0.1, -0.05) is 25.0 Å². The molecule has 2 aromatic rings. The average Bonchev–Trinajstić information content (AvgIpc) is 3.65. The van der Waals surface area contributed by atoms with Crippen molar-refractivity contribution in [3.8, 4) is 0 Å². The zero-order valence-corrected chi connectivity index (χ0v) is 18.1. The molecule has 4 rings (SSSR count). The van der Waals surface area contributed by atoms with Gasteiger partial charge in [-0.15, -0.1) is 10.2 Å². The van der Waals surface area contributed by atoms with E-state index in [0.717, 1.165) is 24.8 Å². The molecule has 0 atom stereocenters. The second kappa shape index (κ2) is 9.76. The fourth-order valence-corrected chi connectivity index (χ4v) is 3.94. The van der Waals surface area contributed by atoms with Gasteiger partial charge in [0, 0.05) is 19.6 Å². The van der Waals surface area contributed by atoms with Crippen LogP contribution in [0.25, 0.3) is 0 Å². The Morgan fingerprint density at radius 3 is 2.55 bits per heavy atom. The molecule has 2 aliphatic rings. The number of aromatic nitrogens is 2. The van der Waals surface area contributed by atoms with E-state index in [9.17, 15) is 22.8 Å². The monoisotopic (exact) mass is 461 g/mol. The molecule has 7 nitrogen and oxygen atoms in total. The van der Waals surface area contributed by atoms with Gasteiger partial charge < -0.3 is 15.1 Å². The number of halogens is 3. The molecular weight excluding hydrogens is 435 g/mol. The van der Waals surface area contributed by atoms with Crippen molar-refractivity contribution in [2.24, 2.45) is 5.92 Å². The van der Waals surface area contributed by atoms with Crippen molar-refractivity contribution in [2.45, 2.75) is 38.3 Å². The number of hydrogen-bond acceptors (Lipinski definition) is 5. The second-order valence-electron chi connectivity index (χ2n) is 8.49. The van der Waals surface area contributed by atoms with Crippen LogP contribution in [0.1, 0.15) is 58.5 Å². The maximum Gasteiger partial charge on any atom is 0.417 e. The van der Waals surface area contributed by atoms with E-state index in [0.29, 0.717) is 31.9 Å². The number of nitrogens with zero attached hydrogens (tertiary/aromatic N) is 4. The summed E-state index contributed by atoms with van der Waals surface area (Å²) in [5, 5.41) is 10.9. The average molecular weight is 461 g/mol. The van der Waals surface area contributed by atoms with E-state index >= 15 is 0 Å². The van der Waals surface area contributed by atoms with Crippen LogP contribution in [-0.2, 0) is 6.18 Å². The maximum absolute atomic E-state index is 13.3. The third-order valence-corrected chi connectivity index (χ3v) is 5.93. The minimum Gasteiger partial charge on any atom is -0.351 e. The fourth-order valence-electron chi connectivity index (χ4n) is 3.94. The van der Waals surface area contributed by atoms with E-state index in [1.807, 2.05) is 0 Å². The predicted octanol–water partition coefficient (Wildman–Crippen LogP) is 3.73. The smallest absolute Gasteiger partial charge is 0.351 e. The Morgan fingerprint density at radius 2 is 1.85 bits per heavy atom. The number of alkyl halides is 3. The molecule has 1 aromatic heterocycles. The number of carbonyl (C=O) groups excluding carboxylic acids is 2. The van der Waals surface area contributed by atoms with Gasteiger partial charge in [-0.2, -0.15) is 13.2 Å². The molecule has 0 radical (unpaired) electrons. The summed E-state index contributed by atoms with van der Waals surface area (Å²) in [6, 6.07) is 8.01. The number of benzene rings is 1. The lowest BCUT2D eigenvalue weighted by Gasteiger charge is -2.36. The highest BCUT2D eigenvalue weighted by Gasteiger charge is 2.36. The topological polar surface area (TPSA) is 78.4 Å². The first-order valence-corrected chi connectivity index (χ1v) is 11.2. The summed E-state index contributed by atoms with van der Waals surface area (Å²) in [6.45, 7) is 1.61. The number of amides is 2. The van der Waals surface area contributed by atoms with E-state index in [1.54, 1.807) is 17.0 Å². The Morgan fingerprint density at radius 1 is 1.06 bits per heavy atom. The van der Waals surface area contributed by atoms with E-state index in [2.05, 4.69) is 15.5 Å². The molecule has 2 amide bonds. The third-order valence-electron chi connectivity index (χ3n) is 5.93. The van der Waals surface area contributed by atoms with Gasteiger partial charge in [0.25, 0.3) is 11.8 Å². The van der Waals surface area contributed by atoms with Crippen molar-refractivity contribution >= 4 is 17.6 Å². The second-order valence-corrected chi connectivity index (χ2v) is 8.49. The first kappa shape index (κ1) is 23.0. The Labute approximate surface area is 190 Å². The van der Waals surface area contributed by atoms with Gasteiger partial charge in [0.15, 0.2) is 11.5 Å². The van der Waals surface area contributed by atoms with Gasteiger partial charge >= 0.3 is 6.18 Å². The van der Waals surface area contributed by atoms with Crippen molar-refractivity contribution in [1.29, 1.82) is 0 Å². The molecular formula is C23H26F3N5O2. The van der Waals surface area contributed by atoms with Crippen molar-refractivity contribution in [1.82, 2.24) is 20.4 Å². The van der Waals surface area contributed by atoms with E-state index < -0.39 is 17.6 Å². The van der Waals surface area contributed by atoms with Gasteiger partial charge in [-0.05, 0) is 49.4 Å². The number of hydrogen-bond donors (Lipinski definition) is 1. The molecule has 33 heavy (non-hydrogen) atoms. The van der Waals surface area contributed by atoms with Crippen molar-refractivity contribution < 1.29 is 22.8 Å². The molecule has 176 valence electrons. The molecule has 0 unspecified atom stereocenters. The molecule has 0 bridgehead atoms. The summed E-state index contributed by atoms with van der Waals surface area (Å²) in [5.74, 6) is 0.313. The minimum atomic E-state index is -4.61. The van der Waals surface area contributed by atoms with Crippen LogP contribution in [0, 0.1) is 5.92 Å². The Bertz CT molecular complexity index is 992. The van der Waals surface area contributed by atoms with Crippen LogP contribution in [0.5, 0.6) is 0 Å². The van der Waals surface area contributed by atoms with Crippen LogP contribution >= 0.6 is 0 Å². The van der Waals surface area contributed by atoms with Crippen LogP contribution in [0.15, 0.2) is 36.4 Å². The lowest BCUT2D eigenvalue weighted by atomic mass is 10.1. The highest BCUT2D eigenvalue weighted by atomic mass is 19.4. The summed E-state index contributed by atoms with van der Waals surface area (Å²) in [4.78, 5) is 28.2. The highest BCUT2D eigenvalue weighted by molar-refractivity contribution is 5.96. The first-order valence-electron chi connectivity index (χ1n) is 11.2.